The highest BCUT2D eigenvalue weighted by Gasteiger charge is 2.12. The lowest BCUT2D eigenvalue weighted by molar-refractivity contribution is 0.679. The van der Waals surface area contributed by atoms with Crippen LogP contribution in [0.4, 0.5) is 0 Å². The smallest absolute Gasteiger partial charge is 0.0571 e. The zero-order chi connectivity index (χ0) is 18.1. The number of aryl methyl sites for hydroxylation is 1. The molecule has 1 aromatic carbocycles. The van der Waals surface area contributed by atoms with Gasteiger partial charge >= 0.3 is 0 Å². The van der Waals surface area contributed by atoms with Crippen molar-refractivity contribution >= 4 is 16.9 Å². The Morgan fingerprint density at radius 2 is 1.75 bits per heavy atom. The molecule has 0 atom stereocenters. The van der Waals surface area contributed by atoms with Gasteiger partial charge in [-0.3, -0.25) is 4.99 Å². The van der Waals surface area contributed by atoms with Crippen molar-refractivity contribution in [3.05, 3.63) is 60.2 Å². The van der Waals surface area contributed by atoms with Crippen LogP contribution >= 0.6 is 0 Å². The first-order valence-electron chi connectivity index (χ1n) is 9.03. The fraction of sp³-hybridized carbons (Fsp3) is 0.435. The van der Waals surface area contributed by atoms with Crippen LogP contribution in [-0.4, -0.2) is 12.3 Å². The minimum absolute atomic E-state index is 0.642. The standard InChI is InChI=1S/C23H33N/c1-8-10-11-12-13-18(5)22-16-23(20(7)24-14-9-2)21(17(3)4)15-19(22)6/h9,15-16H,2-3,5,8,10-14H2,1,4,6-7H3. The molecule has 1 nitrogen and oxygen atoms in total. The third kappa shape index (κ3) is 5.63. The van der Waals surface area contributed by atoms with E-state index in [-0.39, 0.29) is 0 Å². The Labute approximate surface area is 148 Å². The number of rotatable bonds is 10. The molecule has 0 aliphatic rings. The van der Waals surface area contributed by atoms with Gasteiger partial charge in [-0.05, 0) is 61.9 Å². The molecule has 0 aliphatic heterocycles. The van der Waals surface area contributed by atoms with E-state index in [4.69, 9.17) is 0 Å². The Morgan fingerprint density at radius 3 is 2.33 bits per heavy atom. The maximum atomic E-state index is 4.60. The van der Waals surface area contributed by atoms with Crippen molar-refractivity contribution in [3.8, 4) is 0 Å². The van der Waals surface area contributed by atoms with E-state index in [0.29, 0.717) is 6.54 Å². The first-order valence-corrected chi connectivity index (χ1v) is 9.03. The van der Waals surface area contributed by atoms with E-state index in [1.54, 1.807) is 0 Å². The van der Waals surface area contributed by atoms with Crippen LogP contribution in [-0.2, 0) is 0 Å². The Bertz CT molecular complexity index is 632. The first kappa shape index (κ1) is 20.2. The number of nitrogens with zero attached hydrogens (tertiary/aromatic N) is 1. The van der Waals surface area contributed by atoms with Gasteiger partial charge in [0.2, 0.25) is 0 Å². The molecule has 1 rings (SSSR count). The minimum Gasteiger partial charge on any atom is -0.285 e. The van der Waals surface area contributed by atoms with Gasteiger partial charge in [0, 0.05) is 11.3 Å². The summed E-state index contributed by atoms with van der Waals surface area (Å²) in [5, 5.41) is 0. The molecule has 0 aliphatic carbocycles. The number of allylic oxidation sites excluding steroid dienone is 2. The van der Waals surface area contributed by atoms with Crippen LogP contribution in [0.3, 0.4) is 0 Å². The Morgan fingerprint density at radius 1 is 1.04 bits per heavy atom. The average molecular weight is 324 g/mol. The quantitative estimate of drug-likeness (QED) is 0.249. The topological polar surface area (TPSA) is 12.4 Å². The van der Waals surface area contributed by atoms with Crippen LogP contribution in [0.5, 0.6) is 0 Å². The van der Waals surface area contributed by atoms with Gasteiger partial charge in [0.05, 0.1) is 6.54 Å². The molecule has 0 fully saturated rings. The van der Waals surface area contributed by atoms with Crippen LogP contribution < -0.4 is 0 Å². The molecule has 0 saturated carbocycles. The summed E-state index contributed by atoms with van der Waals surface area (Å²) >= 11 is 0. The lowest BCUT2D eigenvalue weighted by Crippen LogP contribution is -2.04. The molecule has 1 heteroatoms. The van der Waals surface area contributed by atoms with Crippen molar-refractivity contribution < 1.29 is 0 Å². The molecule has 0 heterocycles. The van der Waals surface area contributed by atoms with Crippen molar-refractivity contribution in [3.63, 3.8) is 0 Å². The zero-order valence-electron chi connectivity index (χ0n) is 16.0. The maximum Gasteiger partial charge on any atom is 0.0571 e. The van der Waals surface area contributed by atoms with E-state index in [1.807, 2.05) is 6.08 Å². The van der Waals surface area contributed by atoms with Crippen molar-refractivity contribution in [2.45, 2.75) is 59.8 Å². The summed E-state index contributed by atoms with van der Waals surface area (Å²) in [7, 11) is 0. The van der Waals surface area contributed by atoms with E-state index in [9.17, 15) is 0 Å². The number of hydrogen-bond donors (Lipinski definition) is 0. The molecular formula is C23H33N. The fourth-order valence-electron chi connectivity index (χ4n) is 2.93. The van der Waals surface area contributed by atoms with Crippen molar-refractivity contribution in [2.75, 3.05) is 6.54 Å². The predicted octanol–water partition coefficient (Wildman–Crippen LogP) is 7.01. The van der Waals surface area contributed by atoms with Gasteiger partial charge in [-0.25, -0.2) is 0 Å². The third-order valence-corrected chi connectivity index (χ3v) is 4.38. The molecule has 0 spiro atoms. The third-order valence-electron chi connectivity index (χ3n) is 4.38. The van der Waals surface area contributed by atoms with Crippen LogP contribution in [0.25, 0.3) is 11.1 Å². The molecule has 130 valence electrons. The summed E-state index contributed by atoms with van der Waals surface area (Å²) in [6.07, 6.45) is 7.96. The van der Waals surface area contributed by atoms with Gasteiger partial charge in [0.15, 0.2) is 0 Å². The van der Waals surface area contributed by atoms with E-state index < -0.39 is 0 Å². The lowest BCUT2D eigenvalue weighted by Gasteiger charge is -2.16. The molecule has 0 amide bonds. The van der Waals surface area contributed by atoms with Crippen molar-refractivity contribution in [2.24, 2.45) is 4.99 Å². The zero-order valence-corrected chi connectivity index (χ0v) is 16.0. The SMILES string of the molecule is C=CCN=C(C)c1cc(C(=C)CCCCCC)c(C)cc1C(=C)C. The summed E-state index contributed by atoms with van der Waals surface area (Å²) in [5.41, 5.74) is 8.22. The number of benzene rings is 1. The number of unbranched alkanes of at least 4 members (excludes halogenated alkanes) is 3. The van der Waals surface area contributed by atoms with Crippen molar-refractivity contribution in [1.29, 1.82) is 0 Å². The second-order valence-electron chi connectivity index (χ2n) is 6.62. The van der Waals surface area contributed by atoms with Crippen LogP contribution in [0, 0.1) is 6.92 Å². The Kier molecular flexibility index (Phi) is 8.46. The molecule has 0 N–H and O–H groups in total. The first-order chi connectivity index (χ1) is 11.4. The largest absolute Gasteiger partial charge is 0.285 e. The van der Waals surface area contributed by atoms with E-state index >= 15 is 0 Å². The molecule has 0 aromatic heterocycles. The van der Waals surface area contributed by atoms with Crippen LogP contribution in [0.15, 0.2) is 42.9 Å². The molecule has 1 aromatic rings. The molecular weight excluding hydrogens is 290 g/mol. The Balaban J connectivity index is 3.16. The summed E-state index contributed by atoms with van der Waals surface area (Å²) in [6.45, 7) is 21.4. The second kappa shape index (κ2) is 10.1. The second-order valence-corrected chi connectivity index (χ2v) is 6.62. The summed E-state index contributed by atoms with van der Waals surface area (Å²) in [6, 6.07) is 4.49. The molecule has 24 heavy (non-hydrogen) atoms. The van der Waals surface area contributed by atoms with E-state index in [1.165, 1.54) is 53.5 Å². The highest BCUT2D eigenvalue weighted by molar-refractivity contribution is 6.03. The van der Waals surface area contributed by atoms with Gasteiger partial charge in [-0.15, -0.1) is 6.58 Å². The number of aliphatic imine (C=N–C) groups is 1. The normalized spacial score (nSPS) is 11.4. The molecule has 0 bridgehead atoms. The monoisotopic (exact) mass is 323 g/mol. The molecule has 0 radical (unpaired) electrons. The average Bonchev–Trinajstić information content (AvgIpc) is 2.55. The molecule has 0 saturated heterocycles. The lowest BCUT2D eigenvalue weighted by atomic mass is 9.89. The van der Waals surface area contributed by atoms with Gasteiger partial charge in [0.25, 0.3) is 0 Å². The summed E-state index contributed by atoms with van der Waals surface area (Å²) in [4.78, 5) is 4.60. The van der Waals surface area contributed by atoms with Gasteiger partial charge in [-0.1, -0.05) is 57.1 Å². The highest BCUT2D eigenvalue weighted by Crippen LogP contribution is 2.29. The van der Waals surface area contributed by atoms with E-state index in [0.717, 1.165) is 17.7 Å². The van der Waals surface area contributed by atoms with Crippen LogP contribution in [0.2, 0.25) is 0 Å². The minimum atomic E-state index is 0.642. The molecule has 0 unspecified atom stereocenters. The maximum absolute atomic E-state index is 4.60. The Hall–Kier alpha value is -1.89. The van der Waals surface area contributed by atoms with E-state index in [2.05, 4.69) is 64.6 Å². The fourth-order valence-corrected chi connectivity index (χ4v) is 2.93. The highest BCUT2D eigenvalue weighted by atomic mass is 14.7. The van der Waals surface area contributed by atoms with Crippen LogP contribution in [0.1, 0.15) is 75.1 Å². The summed E-state index contributed by atoms with van der Waals surface area (Å²) < 4.78 is 0. The number of hydrogen-bond acceptors (Lipinski definition) is 1. The van der Waals surface area contributed by atoms with Gasteiger partial charge in [-0.2, -0.15) is 0 Å². The van der Waals surface area contributed by atoms with Gasteiger partial charge in [0.1, 0.15) is 0 Å². The summed E-state index contributed by atoms with van der Waals surface area (Å²) in [5.74, 6) is 0. The van der Waals surface area contributed by atoms with Crippen molar-refractivity contribution in [1.82, 2.24) is 0 Å². The predicted molar refractivity (Wildman–Crippen MR) is 111 cm³/mol. The van der Waals surface area contributed by atoms with Gasteiger partial charge < -0.3 is 0 Å².